The highest BCUT2D eigenvalue weighted by atomic mass is 16.5. The minimum atomic E-state index is -0.377. The first-order valence-electron chi connectivity index (χ1n) is 11.2. The Balaban J connectivity index is 1.77. The molecule has 1 aliphatic rings. The Morgan fingerprint density at radius 1 is 1.24 bits per heavy atom. The maximum Gasteiger partial charge on any atom is 0.340 e. The molecule has 9 nitrogen and oxygen atoms in total. The molecule has 0 atom stereocenters. The van der Waals surface area contributed by atoms with E-state index >= 15 is 0 Å². The smallest absolute Gasteiger partial charge is 0.340 e. The standard InChI is InChI=1S/C24H30N6O3/c1-6-33-24(32)20-15(3)21-22(25-13-26-30(21)19(20)12-29(4)5)28-18-11-16(8-7-14(18)2)23(31)27-17-9-10-17/h7-8,11,13,17H,6,9-10,12H2,1-5H3,(H,27,31)(H,25,26,28). The molecule has 9 heteroatoms. The Labute approximate surface area is 193 Å². The van der Waals surface area contributed by atoms with Crippen LogP contribution in [0.4, 0.5) is 11.5 Å². The summed E-state index contributed by atoms with van der Waals surface area (Å²) in [5, 5.41) is 10.8. The van der Waals surface area contributed by atoms with Crippen molar-refractivity contribution in [2.24, 2.45) is 0 Å². The summed E-state index contributed by atoms with van der Waals surface area (Å²) in [6, 6.07) is 5.85. The SMILES string of the molecule is CCOC(=O)c1c(C)c2c(Nc3cc(C(=O)NC4CC4)ccc3C)ncnn2c1CN(C)C. The van der Waals surface area contributed by atoms with E-state index in [1.54, 1.807) is 11.4 Å². The van der Waals surface area contributed by atoms with Crippen molar-refractivity contribution in [2.75, 3.05) is 26.0 Å². The van der Waals surface area contributed by atoms with Crippen LogP contribution in [-0.2, 0) is 11.3 Å². The van der Waals surface area contributed by atoms with E-state index in [0.29, 0.717) is 29.0 Å². The summed E-state index contributed by atoms with van der Waals surface area (Å²) < 4.78 is 7.08. The van der Waals surface area contributed by atoms with E-state index in [0.717, 1.165) is 35.3 Å². The fourth-order valence-electron chi connectivity index (χ4n) is 3.87. The highest BCUT2D eigenvalue weighted by Crippen LogP contribution is 2.31. The van der Waals surface area contributed by atoms with E-state index < -0.39 is 0 Å². The fraction of sp³-hybridized carbons (Fsp3) is 0.417. The van der Waals surface area contributed by atoms with Gasteiger partial charge in [-0.15, -0.1) is 0 Å². The van der Waals surface area contributed by atoms with Gasteiger partial charge in [0.15, 0.2) is 5.82 Å². The summed E-state index contributed by atoms with van der Waals surface area (Å²) in [5.41, 5.74) is 5.02. The molecule has 1 aliphatic carbocycles. The van der Waals surface area contributed by atoms with Crippen LogP contribution in [0.1, 0.15) is 57.3 Å². The van der Waals surface area contributed by atoms with Gasteiger partial charge in [-0.1, -0.05) is 6.07 Å². The van der Waals surface area contributed by atoms with Crippen molar-refractivity contribution in [2.45, 2.75) is 46.2 Å². The molecule has 2 aromatic heterocycles. The van der Waals surface area contributed by atoms with Crippen molar-refractivity contribution in [3.63, 3.8) is 0 Å². The van der Waals surface area contributed by atoms with Gasteiger partial charge in [0.25, 0.3) is 5.91 Å². The first-order valence-corrected chi connectivity index (χ1v) is 11.2. The number of nitrogens with one attached hydrogen (secondary N) is 2. The summed E-state index contributed by atoms with van der Waals surface area (Å²) in [6.07, 6.45) is 3.53. The van der Waals surface area contributed by atoms with Crippen LogP contribution in [0.2, 0.25) is 0 Å². The summed E-state index contributed by atoms with van der Waals surface area (Å²) in [7, 11) is 3.87. The van der Waals surface area contributed by atoms with Gasteiger partial charge in [-0.05, 0) is 71.0 Å². The molecule has 1 fully saturated rings. The zero-order valence-corrected chi connectivity index (χ0v) is 19.7. The molecule has 1 aromatic carbocycles. The van der Waals surface area contributed by atoms with Gasteiger partial charge >= 0.3 is 5.97 Å². The summed E-state index contributed by atoms with van der Waals surface area (Å²) in [4.78, 5) is 31.8. The number of hydrogen-bond acceptors (Lipinski definition) is 7. The highest BCUT2D eigenvalue weighted by molar-refractivity contribution is 5.98. The molecule has 0 unspecified atom stereocenters. The molecule has 4 rings (SSSR count). The number of benzene rings is 1. The first kappa shape index (κ1) is 22.7. The molecular formula is C24H30N6O3. The van der Waals surface area contributed by atoms with Crippen molar-refractivity contribution >= 4 is 28.9 Å². The fourth-order valence-corrected chi connectivity index (χ4v) is 3.87. The molecule has 2 N–H and O–H groups in total. The third kappa shape index (κ3) is 4.68. The predicted octanol–water partition coefficient (Wildman–Crippen LogP) is 3.22. The molecule has 1 saturated carbocycles. The average molecular weight is 451 g/mol. The van der Waals surface area contributed by atoms with Gasteiger partial charge in [0.2, 0.25) is 0 Å². The van der Waals surface area contributed by atoms with Crippen molar-refractivity contribution < 1.29 is 14.3 Å². The van der Waals surface area contributed by atoms with Crippen LogP contribution in [0.25, 0.3) is 5.52 Å². The molecule has 0 saturated heterocycles. The molecule has 3 aromatic rings. The van der Waals surface area contributed by atoms with Crippen molar-refractivity contribution in [1.82, 2.24) is 24.8 Å². The van der Waals surface area contributed by atoms with Crippen molar-refractivity contribution in [3.8, 4) is 0 Å². The van der Waals surface area contributed by atoms with E-state index in [2.05, 4.69) is 20.7 Å². The topological polar surface area (TPSA) is 101 Å². The number of carbonyl (C=O) groups is 2. The second kappa shape index (κ2) is 9.19. The highest BCUT2D eigenvalue weighted by Gasteiger charge is 2.26. The quantitative estimate of drug-likeness (QED) is 0.508. The molecule has 174 valence electrons. The van der Waals surface area contributed by atoms with Gasteiger partial charge in [0, 0.05) is 23.8 Å². The number of esters is 1. The van der Waals surface area contributed by atoms with E-state index in [1.165, 1.54) is 6.33 Å². The lowest BCUT2D eigenvalue weighted by molar-refractivity contribution is 0.0523. The molecular weight excluding hydrogens is 420 g/mol. The normalized spacial score (nSPS) is 13.4. The zero-order valence-electron chi connectivity index (χ0n) is 19.7. The molecule has 0 aliphatic heterocycles. The van der Waals surface area contributed by atoms with E-state index in [4.69, 9.17) is 4.74 Å². The number of fused-ring (bicyclic) bond motifs is 1. The molecule has 1 amide bonds. The molecule has 0 spiro atoms. The third-order valence-corrected chi connectivity index (χ3v) is 5.68. The minimum absolute atomic E-state index is 0.0786. The summed E-state index contributed by atoms with van der Waals surface area (Å²) in [5.74, 6) is 0.101. The number of aromatic nitrogens is 3. The largest absolute Gasteiger partial charge is 0.462 e. The minimum Gasteiger partial charge on any atom is -0.462 e. The summed E-state index contributed by atoms with van der Waals surface area (Å²) >= 11 is 0. The van der Waals surface area contributed by atoms with Crippen LogP contribution in [0, 0.1) is 13.8 Å². The van der Waals surface area contributed by atoms with E-state index in [-0.39, 0.29) is 24.5 Å². The van der Waals surface area contributed by atoms with Crippen molar-refractivity contribution in [1.29, 1.82) is 0 Å². The molecule has 0 bridgehead atoms. The Morgan fingerprint density at radius 2 is 2.00 bits per heavy atom. The van der Waals surface area contributed by atoms with E-state index in [9.17, 15) is 9.59 Å². The lowest BCUT2D eigenvalue weighted by atomic mass is 10.1. The van der Waals surface area contributed by atoms with Gasteiger partial charge in [-0.25, -0.2) is 14.3 Å². The number of ether oxygens (including phenoxy) is 1. The zero-order chi connectivity index (χ0) is 23.7. The van der Waals surface area contributed by atoms with Crippen LogP contribution >= 0.6 is 0 Å². The number of hydrogen-bond donors (Lipinski definition) is 2. The second-order valence-electron chi connectivity index (χ2n) is 8.68. The van der Waals surface area contributed by atoms with Crippen molar-refractivity contribution in [3.05, 3.63) is 52.5 Å². The summed E-state index contributed by atoms with van der Waals surface area (Å²) in [6.45, 7) is 6.43. The Morgan fingerprint density at radius 3 is 2.67 bits per heavy atom. The van der Waals surface area contributed by atoms with Gasteiger partial charge < -0.3 is 20.3 Å². The van der Waals surface area contributed by atoms with Crippen LogP contribution in [0.15, 0.2) is 24.5 Å². The average Bonchev–Trinajstić information content (AvgIpc) is 3.53. The number of aryl methyl sites for hydroxylation is 2. The monoisotopic (exact) mass is 450 g/mol. The second-order valence-corrected chi connectivity index (χ2v) is 8.68. The van der Waals surface area contributed by atoms with E-state index in [1.807, 2.05) is 51.0 Å². The number of nitrogens with zero attached hydrogens (tertiary/aromatic N) is 4. The first-order chi connectivity index (χ1) is 15.8. The number of amides is 1. The van der Waals surface area contributed by atoms with Crippen LogP contribution in [0.5, 0.6) is 0 Å². The van der Waals surface area contributed by atoms with Gasteiger partial charge in [-0.2, -0.15) is 5.10 Å². The third-order valence-electron chi connectivity index (χ3n) is 5.68. The van der Waals surface area contributed by atoms with Gasteiger partial charge in [0.1, 0.15) is 11.8 Å². The maximum absolute atomic E-state index is 12.8. The van der Waals surface area contributed by atoms with Crippen LogP contribution < -0.4 is 10.6 Å². The Kier molecular flexibility index (Phi) is 6.33. The number of rotatable bonds is 8. The Bertz CT molecular complexity index is 1210. The maximum atomic E-state index is 12.8. The lowest BCUT2D eigenvalue weighted by Crippen LogP contribution is -2.25. The van der Waals surface area contributed by atoms with Crippen LogP contribution in [-0.4, -0.2) is 58.1 Å². The number of carbonyl (C=O) groups excluding carboxylic acids is 2. The van der Waals surface area contributed by atoms with Crippen LogP contribution in [0.3, 0.4) is 0 Å². The Hall–Kier alpha value is -3.46. The van der Waals surface area contributed by atoms with Gasteiger partial charge in [-0.3, -0.25) is 4.79 Å². The molecule has 2 heterocycles. The number of anilines is 2. The molecule has 0 radical (unpaired) electrons. The molecule has 33 heavy (non-hydrogen) atoms. The lowest BCUT2D eigenvalue weighted by Gasteiger charge is -2.13. The van der Waals surface area contributed by atoms with Gasteiger partial charge in [0.05, 0.1) is 17.9 Å². The predicted molar refractivity (Wildman–Crippen MR) is 126 cm³/mol.